The largest absolute Gasteiger partial charge is 0.478 e. The highest BCUT2D eigenvalue weighted by Crippen LogP contribution is 2.40. The zero-order chi connectivity index (χ0) is 14.5. The fraction of sp³-hybridized carbons (Fsp3) is 0.154. The van der Waals surface area contributed by atoms with E-state index in [9.17, 15) is 18.0 Å². The van der Waals surface area contributed by atoms with Gasteiger partial charge in [-0.05, 0) is 24.3 Å². The predicted molar refractivity (Wildman–Crippen MR) is 62.3 cm³/mol. The Bertz CT molecular complexity index is 727. The van der Waals surface area contributed by atoms with E-state index in [4.69, 9.17) is 14.3 Å². The molecule has 1 unspecified atom stereocenters. The van der Waals surface area contributed by atoms with Crippen LogP contribution in [0.1, 0.15) is 5.56 Å². The van der Waals surface area contributed by atoms with Crippen LogP contribution in [0.3, 0.4) is 0 Å². The van der Waals surface area contributed by atoms with Gasteiger partial charge in [-0.2, -0.15) is 13.2 Å². The normalized spacial score (nSPS) is 18.4. The summed E-state index contributed by atoms with van der Waals surface area (Å²) in [5.41, 5.74) is -0.133. The lowest BCUT2D eigenvalue weighted by Crippen LogP contribution is -2.40. The van der Waals surface area contributed by atoms with Crippen molar-refractivity contribution in [1.29, 1.82) is 0 Å². The number of carboxylic acid groups (broad SMARTS) is 1. The minimum absolute atomic E-state index is 0.0220. The Labute approximate surface area is 110 Å². The second-order valence-electron chi connectivity index (χ2n) is 4.25. The Morgan fingerprint density at radius 2 is 2.00 bits per heavy atom. The molecule has 2 heterocycles. The SMILES string of the molecule is O=C(O)C1=Cc2c(ccc3occc23)OC1C(F)(F)F. The summed E-state index contributed by atoms with van der Waals surface area (Å²) in [5.74, 6) is -1.69. The molecule has 1 aromatic carbocycles. The molecule has 0 spiro atoms. The highest BCUT2D eigenvalue weighted by Gasteiger charge is 2.48. The maximum atomic E-state index is 12.9. The average molecular weight is 284 g/mol. The Morgan fingerprint density at radius 3 is 2.65 bits per heavy atom. The first-order chi connectivity index (χ1) is 9.38. The summed E-state index contributed by atoms with van der Waals surface area (Å²) in [4.78, 5) is 11.0. The van der Waals surface area contributed by atoms with Crippen LogP contribution >= 0.6 is 0 Å². The van der Waals surface area contributed by atoms with Crippen molar-refractivity contribution in [2.75, 3.05) is 0 Å². The van der Waals surface area contributed by atoms with Crippen molar-refractivity contribution in [1.82, 2.24) is 0 Å². The quantitative estimate of drug-likeness (QED) is 0.873. The number of halogens is 3. The zero-order valence-corrected chi connectivity index (χ0v) is 9.77. The lowest BCUT2D eigenvalue weighted by atomic mass is 9.99. The van der Waals surface area contributed by atoms with Crippen LogP contribution in [-0.2, 0) is 4.79 Å². The van der Waals surface area contributed by atoms with Crippen molar-refractivity contribution in [3.8, 4) is 5.75 Å². The maximum absolute atomic E-state index is 12.9. The van der Waals surface area contributed by atoms with E-state index in [-0.39, 0.29) is 11.3 Å². The summed E-state index contributed by atoms with van der Waals surface area (Å²) in [5, 5.41) is 9.45. The van der Waals surface area contributed by atoms with E-state index >= 15 is 0 Å². The molecule has 1 atom stereocenters. The number of aliphatic carboxylic acids is 1. The summed E-state index contributed by atoms with van der Waals surface area (Å²) in [6, 6.07) is 4.34. The molecule has 3 rings (SSSR count). The van der Waals surface area contributed by atoms with Crippen LogP contribution in [0.2, 0.25) is 0 Å². The fourth-order valence-electron chi connectivity index (χ4n) is 2.14. The van der Waals surface area contributed by atoms with Gasteiger partial charge in [-0.15, -0.1) is 0 Å². The number of fused-ring (bicyclic) bond motifs is 3. The molecule has 4 nitrogen and oxygen atoms in total. The lowest BCUT2D eigenvalue weighted by Gasteiger charge is -2.27. The second-order valence-corrected chi connectivity index (χ2v) is 4.25. The zero-order valence-electron chi connectivity index (χ0n) is 9.77. The minimum Gasteiger partial charge on any atom is -0.478 e. The number of hydrogen-bond donors (Lipinski definition) is 1. The van der Waals surface area contributed by atoms with Crippen LogP contribution in [0, 0.1) is 0 Å². The van der Waals surface area contributed by atoms with Gasteiger partial charge in [-0.1, -0.05) is 0 Å². The summed E-state index contributed by atoms with van der Waals surface area (Å²) < 4.78 is 48.5. The van der Waals surface area contributed by atoms with Crippen LogP contribution in [0.25, 0.3) is 17.0 Å². The molecular formula is C13H7F3O4. The van der Waals surface area contributed by atoms with Crippen molar-refractivity contribution in [2.45, 2.75) is 12.3 Å². The van der Waals surface area contributed by atoms with Crippen molar-refractivity contribution >= 4 is 23.0 Å². The monoisotopic (exact) mass is 284 g/mol. The molecule has 0 amide bonds. The van der Waals surface area contributed by atoms with Gasteiger partial charge in [0.15, 0.2) is 0 Å². The van der Waals surface area contributed by atoms with Gasteiger partial charge in [0.25, 0.3) is 0 Å². The molecule has 7 heteroatoms. The number of benzene rings is 1. The predicted octanol–water partition coefficient (Wildman–Crippen LogP) is 3.22. The van der Waals surface area contributed by atoms with E-state index in [1.807, 2.05) is 0 Å². The van der Waals surface area contributed by atoms with Gasteiger partial charge < -0.3 is 14.3 Å². The average Bonchev–Trinajstić information content (AvgIpc) is 2.84. The number of hydrogen-bond acceptors (Lipinski definition) is 3. The van der Waals surface area contributed by atoms with Crippen LogP contribution in [0.4, 0.5) is 13.2 Å². The Hall–Kier alpha value is -2.44. The Morgan fingerprint density at radius 1 is 1.25 bits per heavy atom. The molecule has 1 N–H and O–H groups in total. The molecule has 20 heavy (non-hydrogen) atoms. The summed E-state index contributed by atoms with van der Waals surface area (Å²) in [6.45, 7) is 0. The number of carboxylic acids is 1. The second kappa shape index (κ2) is 4.03. The van der Waals surface area contributed by atoms with E-state index in [1.54, 1.807) is 6.07 Å². The number of carbonyl (C=O) groups is 1. The van der Waals surface area contributed by atoms with Crippen molar-refractivity contribution in [3.05, 3.63) is 35.6 Å². The molecule has 0 radical (unpaired) electrons. The highest BCUT2D eigenvalue weighted by atomic mass is 19.4. The molecule has 1 aliphatic heterocycles. The van der Waals surface area contributed by atoms with E-state index in [0.717, 1.165) is 6.08 Å². The summed E-state index contributed by atoms with van der Waals surface area (Å²) >= 11 is 0. The Kier molecular flexibility index (Phi) is 2.53. The lowest BCUT2D eigenvalue weighted by molar-refractivity contribution is -0.187. The van der Waals surface area contributed by atoms with Crippen LogP contribution in [0.5, 0.6) is 5.75 Å². The van der Waals surface area contributed by atoms with E-state index in [2.05, 4.69) is 0 Å². The molecule has 104 valence electrons. The number of furan rings is 1. The van der Waals surface area contributed by atoms with Gasteiger partial charge in [-0.25, -0.2) is 4.79 Å². The smallest absolute Gasteiger partial charge is 0.430 e. The summed E-state index contributed by atoms with van der Waals surface area (Å²) in [6.07, 6.45) is -4.92. The molecule has 2 aromatic rings. The first-order valence-corrected chi connectivity index (χ1v) is 5.56. The number of ether oxygens (including phenoxy) is 1. The molecule has 0 aliphatic carbocycles. The standard InChI is InChI=1S/C13H7F3O4/c14-13(15,16)11-8(12(17)18)5-7-6-3-4-19-9(6)1-2-10(7)20-11/h1-5,11H,(H,17,18). The van der Waals surface area contributed by atoms with E-state index in [1.165, 1.54) is 18.4 Å². The third-order valence-electron chi connectivity index (χ3n) is 3.01. The number of rotatable bonds is 1. The third-order valence-corrected chi connectivity index (χ3v) is 3.01. The molecule has 0 fully saturated rings. The first kappa shape index (κ1) is 12.6. The van der Waals surface area contributed by atoms with E-state index in [0.29, 0.717) is 11.0 Å². The molecule has 0 saturated carbocycles. The van der Waals surface area contributed by atoms with Crippen LogP contribution < -0.4 is 4.74 Å². The van der Waals surface area contributed by atoms with Crippen molar-refractivity contribution in [2.24, 2.45) is 0 Å². The third kappa shape index (κ3) is 1.82. The topological polar surface area (TPSA) is 59.7 Å². The maximum Gasteiger partial charge on any atom is 0.430 e. The molecule has 0 bridgehead atoms. The first-order valence-electron chi connectivity index (χ1n) is 5.56. The van der Waals surface area contributed by atoms with E-state index < -0.39 is 23.8 Å². The molecule has 1 aromatic heterocycles. The van der Waals surface area contributed by atoms with Gasteiger partial charge in [0.2, 0.25) is 6.10 Å². The Balaban J connectivity index is 2.23. The highest BCUT2D eigenvalue weighted by molar-refractivity contribution is 6.00. The van der Waals surface area contributed by atoms with Gasteiger partial charge in [-0.3, -0.25) is 0 Å². The van der Waals surface area contributed by atoms with Gasteiger partial charge in [0.1, 0.15) is 11.3 Å². The van der Waals surface area contributed by atoms with Crippen LogP contribution in [-0.4, -0.2) is 23.4 Å². The minimum atomic E-state index is -4.80. The van der Waals surface area contributed by atoms with Crippen LogP contribution in [0.15, 0.2) is 34.5 Å². The van der Waals surface area contributed by atoms with Crippen molar-refractivity contribution < 1.29 is 32.2 Å². The van der Waals surface area contributed by atoms with Gasteiger partial charge in [0.05, 0.1) is 11.8 Å². The molecule has 0 saturated heterocycles. The van der Waals surface area contributed by atoms with Gasteiger partial charge in [0, 0.05) is 10.9 Å². The number of alkyl halides is 3. The van der Waals surface area contributed by atoms with Gasteiger partial charge >= 0.3 is 12.1 Å². The fourth-order valence-corrected chi connectivity index (χ4v) is 2.14. The molecule has 1 aliphatic rings. The molecular weight excluding hydrogens is 277 g/mol. The van der Waals surface area contributed by atoms with Crippen molar-refractivity contribution in [3.63, 3.8) is 0 Å². The summed E-state index contributed by atoms with van der Waals surface area (Å²) in [7, 11) is 0.